The molecule has 2 amide bonds. The molecule has 2 aliphatic rings. The number of pyridine rings is 1. The molecule has 3 heterocycles. The van der Waals surface area contributed by atoms with E-state index in [1.807, 2.05) is 23.1 Å². The molecule has 0 aromatic carbocycles. The third-order valence-electron chi connectivity index (χ3n) is 5.10. The van der Waals surface area contributed by atoms with Gasteiger partial charge in [0.15, 0.2) is 0 Å². The molecular weight excluding hydrogens is 304 g/mol. The monoisotopic (exact) mass is 330 g/mol. The van der Waals surface area contributed by atoms with Gasteiger partial charge < -0.3 is 10.2 Å². The molecule has 1 aromatic rings. The molecule has 0 aliphatic carbocycles. The summed E-state index contributed by atoms with van der Waals surface area (Å²) in [6.45, 7) is 4.30. The molecule has 2 atom stereocenters. The molecule has 130 valence electrons. The van der Waals surface area contributed by atoms with Gasteiger partial charge in [0, 0.05) is 31.7 Å². The van der Waals surface area contributed by atoms with E-state index in [-0.39, 0.29) is 17.9 Å². The Kier molecular flexibility index (Phi) is 5.45. The quantitative estimate of drug-likeness (QED) is 0.880. The zero-order chi connectivity index (χ0) is 16.9. The van der Waals surface area contributed by atoms with Crippen molar-refractivity contribution in [2.24, 2.45) is 0 Å². The van der Waals surface area contributed by atoms with Gasteiger partial charge in [0.2, 0.25) is 11.8 Å². The van der Waals surface area contributed by atoms with Crippen LogP contribution in [-0.2, 0) is 16.1 Å². The number of amides is 2. The second-order valence-electron chi connectivity index (χ2n) is 6.70. The lowest BCUT2D eigenvalue weighted by atomic mass is 10.0. The number of likely N-dealkylation sites (tertiary alicyclic amines) is 2. The van der Waals surface area contributed by atoms with Gasteiger partial charge in [0.25, 0.3) is 0 Å². The molecule has 0 spiro atoms. The highest BCUT2D eigenvalue weighted by atomic mass is 16.2. The minimum Gasteiger partial charge on any atom is -0.349 e. The number of nitrogens with one attached hydrogen (secondary N) is 1. The fourth-order valence-electron chi connectivity index (χ4n) is 4.00. The molecule has 0 unspecified atom stereocenters. The first-order valence-electron chi connectivity index (χ1n) is 8.83. The third kappa shape index (κ3) is 3.93. The molecule has 3 rings (SSSR count). The summed E-state index contributed by atoms with van der Waals surface area (Å²) in [6.07, 6.45) is 6.02. The maximum atomic E-state index is 12.3. The van der Waals surface area contributed by atoms with Crippen molar-refractivity contribution in [3.63, 3.8) is 0 Å². The highest BCUT2D eigenvalue weighted by Gasteiger charge is 2.39. The van der Waals surface area contributed by atoms with Gasteiger partial charge in [-0.3, -0.25) is 19.5 Å². The second kappa shape index (κ2) is 7.75. The lowest BCUT2D eigenvalue weighted by Gasteiger charge is -2.34. The molecule has 6 heteroatoms. The number of carbonyl (C=O) groups excluding carboxylic acids is 2. The second-order valence-corrected chi connectivity index (χ2v) is 6.70. The van der Waals surface area contributed by atoms with Gasteiger partial charge in [0.05, 0.1) is 18.8 Å². The van der Waals surface area contributed by atoms with Crippen LogP contribution in [0.3, 0.4) is 0 Å². The van der Waals surface area contributed by atoms with Gasteiger partial charge >= 0.3 is 0 Å². The molecule has 2 aliphatic heterocycles. The average Bonchev–Trinajstić information content (AvgIpc) is 3.22. The van der Waals surface area contributed by atoms with Crippen LogP contribution in [0.2, 0.25) is 0 Å². The smallest absolute Gasteiger partial charge is 0.234 e. The van der Waals surface area contributed by atoms with E-state index in [0.717, 1.165) is 44.5 Å². The Labute approximate surface area is 143 Å². The fraction of sp³-hybridized carbons (Fsp3) is 0.611. The average molecular weight is 330 g/mol. The SMILES string of the molecule is CC(=O)N1CCC[C@H]1[C@@H]1CCCN1CC(=O)NCc1ccccn1. The van der Waals surface area contributed by atoms with Crippen molar-refractivity contribution in [1.82, 2.24) is 20.1 Å². The topological polar surface area (TPSA) is 65.5 Å². The lowest BCUT2D eigenvalue weighted by molar-refractivity contribution is -0.130. The summed E-state index contributed by atoms with van der Waals surface area (Å²) in [5.74, 6) is 0.184. The first-order valence-corrected chi connectivity index (χ1v) is 8.83. The zero-order valence-electron chi connectivity index (χ0n) is 14.3. The summed E-state index contributed by atoms with van der Waals surface area (Å²) in [4.78, 5) is 32.6. The van der Waals surface area contributed by atoms with Crippen LogP contribution in [0.4, 0.5) is 0 Å². The molecule has 0 saturated carbocycles. The van der Waals surface area contributed by atoms with E-state index in [1.165, 1.54) is 0 Å². The van der Waals surface area contributed by atoms with Crippen molar-refractivity contribution in [2.45, 2.75) is 51.2 Å². The van der Waals surface area contributed by atoms with Crippen molar-refractivity contribution < 1.29 is 9.59 Å². The molecule has 24 heavy (non-hydrogen) atoms. The van der Waals surface area contributed by atoms with Crippen molar-refractivity contribution in [3.05, 3.63) is 30.1 Å². The number of aromatic nitrogens is 1. The number of rotatable bonds is 5. The van der Waals surface area contributed by atoms with E-state index >= 15 is 0 Å². The van der Waals surface area contributed by atoms with Crippen molar-refractivity contribution in [3.8, 4) is 0 Å². The number of hydrogen-bond acceptors (Lipinski definition) is 4. The zero-order valence-corrected chi connectivity index (χ0v) is 14.3. The van der Waals surface area contributed by atoms with Crippen LogP contribution in [0.1, 0.15) is 38.3 Å². The Bertz CT molecular complexity index is 578. The van der Waals surface area contributed by atoms with E-state index in [4.69, 9.17) is 0 Å². The molecule has 1 N–H and O–H groups in total. The summed E-state index contributed by atoms with van der Waals surface area (Å²) < 4.78 is 0. The summed E-state index contributed by atoms with van der Waals surface area (Å²) >= 11 is 0. The Morgan fingerprint density at radius 2 is 2.00 bits per heavy atom. The largest absolute Gasteiger partial charge is 0.349 e. The molecule has 0 bridgehead atoms. The van der Waals surface area contributed by atoms with Gasteiger partial charge in [-0.2, -0.15) is 0 Å². The van der Waals surface area contributed by atoms with Crippen LogP contribution < -0.4 is 5.32 Å². The normalized spacial score (nSPS) is 24.3. The predicted octanol–water partition coefficient (Wildman–Crippen LogP) is 1.17. The fourth-order valence-corrected chi connectivity index (χ4v) is 4.00. The minimum absolute atomic E-state index is 0.0277. The number of hydrogen-bond donors (Lipinski definition) is 1. The van der Waals surface area contributed by atoms with Crippen LogP contribution in [-0.4, -0.2) is 58.3 Å². The van der Waals surface area contributed by atoms with Gasteiger partial charge in [-0.1, -0.05) is 6.07 Å². The standard InChI is InChI=1S/C18H26N4O2/c1-14(23)22-11-5-8-17(22)16-7-4-10-21(16)13-18(24)20-12-15-6-2-3-9-19-15/h2-3,6,9,16-17H,4-5,7-8,10-13H2,1H3,(H,20,24)/t16-,17-/m0/s1. The molecular formula is C18H26N4O2. The maximum Gasteiger partial charge on any atom is 0.234 e. The van der Waals surface area contributed by atoms with Gasteiger partial charge in [-0.05, 0) is 44.4 Å². The summed E-state index contributed by atoms with van der Waals surface area (Å²) in [6, 6.07) is 6.28. The minimum atomic E-state index is 0.0277. The van der Waals surface area contributed by atoms with Crippen LogP contribution in [0, 0.1) is 0 Å². The van der Waals surface area contributed by atoms with E-state index < -0.39 is 0 Å². The third-order valence-corrected chi connectivity index (χ3v) is 5.10. The Balaban J connectivity index is 1.54. The van der Waals surface area contributed by atoms with E-state index in [2.05, 4.69) is 15.2 Å². The van der Waals surface area contributed by atoms with Gasteiger partial charge in [-0.15, -0.1) is 0 Å². The number of carbonyl (C=O) groups is 2. The molecule has 2 saturated heterocycles. The van der Waals surface area contributed by atoms with Crippen molar-refractivity contribution >= 4 is 11.8 Å². The molecule has 6 nitrogen and oxygen atoms in total. The summed E-state index contributed by atoms with van der Waals surface area (Å²) in [5, 5.41) is 2.95. The van der Waals surface area contributed by atoms with Crippen LogP contribution in [0.25, 0.3) is 0 Å². The van der Waals surface area contributed by atoms with Crippen molar-refractivity contribution in [2.75, 3.05) is 19.6 Å². The molecule has 1 aromatic heterocycles. The summed E-state index contributed by atoms with van der Waals surface area (Å²) in [7, 11) is 0. The van der Waals surface area contributed by atoms with E-state index in [1.54, 1.807) is 13.1 Å². The predicted molar refractivity (Wildman–Crippen MR) is 91.1 cm³/mol. The highest BCUT2D eigenvalue weighted by molar-refractivity contribution is 5.78. The maximum absolute atomic E-state index is 12.3. The van der Waals surface area contributed by atoms with Crippen LogP contribution in [0.15, 0.2) is 24.4 Å². The van der Waals surface area contributed by atoms with Gasteiger partial charge in [-0.25, -0.2) is 0 Å². The van der Waals surface area contributed by atoms with Crippen LogP contribution >= 0.6 is 0 Å². The van der Waals surface area contributed by atoms with E-state index in [0.29, 0.717) is 19.1 Å². The molecule has 2 fully saturated rings. The highest BCUT2D eigenvalue weighted by Crippen LogP contribution is 2.29. The van der Waals surface area contributed by atoms with E-state index in [9.17, 15) is 9.59 Å². The van der Waals surface area contributed by atoms with Crippen molar-refractivity contribution in [1.29, 1.82) is 0 Å². The summed E-state index contributed by atoms with van der Waals surface area (Å²) in [5.41, 5.74) is 0.863. The Morgan fingerprint density at radius 1 is 1.21 bits per heavy atom. The lowest BCUT2D eigenvalue weighted by Crippen LogP contribution is -2.50. The first-order chi connectivity index (χ1) is 11.6. The Morgan fingerprint density at radius 3 is 2.75 bits per heavy atom. The number of nitrogens with zero attached hydrogens (tertiary/aromatic N) is 3. The van der Waals surface area contributed by atoms with Gasteiger partial charge in [0.1, 0.15) is 0 Å². The molecule has 0 radical (unpaired) electrons. The Hall–Kier alpha value is -1.95. The van der Waals surface area contributed by atoms with Crippen LogP contribution in [0.5, 0.6) is 0 Å². The first kappa shape index (κ1) is 16.9.